The van der Waals surface area contributed by atoms with E-state index in [0.29, 0.717) is 6.42 Å². The first-order valence-electron chi connectivity index (χ1n) is 9.26. The van der Waals surface area contributed by atoms with Gasteiger partial charge in [-0.2, -0.15) is 5.26 Å². The van der Waals surface area contributed by atoms with Gasteiger partial charge in [0, 0.05) is 29.1 Å². The number of aliphatic imine (C=N–C) groups is 1. The highest BCUT2D eigenvalue weighted by molar-refractivity contribution is 6.13. The van der Waals surface area contributed by atoms with E-state index in [1.807, 2.05) is 91.0 Å². The van der Waals surface area contributed by atoms with Crippen molar-refractivity contribution in [2.24, 2.45) is 4.99 Å². The molecule has 1 heterocycles. The fourth-order valence-electron chi connectivity index (χ4n) is 3.33. The standard InChI is InChI=1S/C25H19N3/c26-18-22(17-21-15-16-27-24-14-8-7-13-23(21)24)28-25(19-9-3-1-4-10-19)20-11-5-2-6-12-20/h1-16,22H,17H2. The van der Waals surface area contributed by atoms with Gasteiger partial charge in [-0.15, -0.1) is 0 Å². The summed E-state index contributed by atoms with van der Waals surface area (Å²) in [7, 11) is 0. The second-order valence-corrected chi connectivity index (χ2v) is 6.55. The van der Waals surface area contributed by atoms with Gasteiger partial charge in [0.2, 0.25) is 0 Å². The molecule has 0 amide bonds. The summed E-state index contributed by atoms with van der Waals surface area (Å²) in [5, 5.41) is 10.9. The van der Waals surface area contributed by atoms with Crippen LogP contribution in [0.4, 0.5) is 0 Å². The van der Waals surface area contributed by atoms with E-state index in [2.05, 4.69) is 11.1 Å². The summed E-state index contributed by atoms with van der Waals surface area (Å²) in [5.41, 5.74) is 4.88. The lowest BCUT2D eigenvalue weighted by Gasteiger charge is -2.12. The third kappa shape index (κ3) is 3.82. The zero-order valence-electron chi connectivity index (χ0n) is 15.4. The number of aromatic nitrogens is 1. The minimum Gasteiger partial charge on any atom is -0.265 e. The maximum atomic E-state index is 9.83. The highest BCUT2D eigenvalue weighted by atomic mass is 14.8. The number of para-hydroxylation sites is 1. The maximum Gasteiger partial charge on any atom is 0.141 e. The van der Waals surface area contributed by atoms with Crippen molar-refractivity contribution in [3.8, 4) is 6.07 Å². The van der Waals surface area contributed by atoms with Gasteiger partial charge in [0.15, 0.2) is 0 Å². The van der Waals surface area contributed by atoms with Crippen molar-refractivity contribution in [3.05, 3.63) is 114 Å². The smallest absolute Gasteiger partial charge is 0.141 e. The maximum absolute atomic E-state index is 9.83. The van der Waals surface area contributed by atoms with E-state index in [1.165, 1.54) is 0 Å². The third-order valence-corrected chi connectivity index (χ3v) is 4.68. The third-order valence-electron chi connectivity index (χ3n) is 4.68. The van der Waals surface area contributed by atoms with Crippen LogP contribution in [0.15, 0.2) is 102 Å². The van der Waals surface area contributed by atoms with E-state index in [4.69, 9.17) is 4.99 Å². The van der Waals surface area contributed by atoms with Crippen LogP contribution in [0.25, 0.3) is 10.9 Å². The Bertz CT molecular complexity index is 1100. The van der Waals surface area contributed by atoms with Crippen LogP contribution in [0.3, 0.4) is 0 Å². The molecule has 0 aliphatic rings. The molecule has 0 fully saturated rings. The Morgan fingerprint density at radius 1 is 0.821 bits per heavy atom. The van der Waals surface area contributed by atoms with Crippen molar-refractivity contribution >= 4 is 16.6 Å². The normalized spacial score (nSPS) is 11.5. The molecular weight excluding hydrogens is 342 g/mol. The molecule has 3 heteroatoms. The first kappa shape index (κ1) is 17.6. The monoisotopic (exact) mass is 361 g/mol. The van der Waals surface area contributed by atoms with Gasteiger partial charge in [0.25, 0.3) is 0 Å². The van der Waals surface area contributed by atoms with E-state index in [0.717, 1.165) is 33.3 Å². The summed E-state index contributed by atoms with van der Waals surface area (Å²) >= 11 is 0. The fraction of sp³-hybridized carbons (Fsp3) is 0.0800. The minimum atomic E-state index is -0.485. The fourth-order valence-corrected chi connectivity index (χ4v) is 3.33. The van der Waals surface area contributed by atoms with Gasteiger partial charge in [0.05, 0.1) is 17.3 Å². The number of pyridine rings is 1. The number of benzene rings is 3. The first-order chi connectivity index (χ1) is 13.8. The number of nitriles is 1. The number of hydrogen-bond donors (Lipinski definition) is 0. The SMILES string of the molecule is N#CC(Cc1ccnc2ccccc12)N=C(c1ccccc1)c1ccccc1. The Labute approximate surface area is 164 Å². The Morgan fingerprint density at radius 2 is 1.43 bits per heavy atom. The Morgan fingerprint density at radius 3 is 2.07 bits per heavy atom. The van der Waals surface area contributed by atoms with E-state index < -0.39 is 6.04 Å². The predicted octanol–water partition coefficient (Wildman–Crippen LogP) is 5.21. The Kier molecular flexibility index (Phi) is 5.22. The van der Waals surface area contributed by atoms with E-state index >= 15 is 0 Å². The van der Waals surface area contributed by atoms with Crippen molar-refractivity contribution < 1.29 is 0 Å². The quantitative estimate of drug-likeness (QED) is 0.458. The number of rotatable bonds is 5. The molecule has 1 atom stereocenters. The predicted molar refractivity (Wildman–Crippen MR) is 113 cm³/mol. The summed E-state index contributed by atoms with van der Waals surface area (Å²) in [5.74, 6) is 0. The van der Waals surface area contributed by atoms with Crippen molar-refractivity contribution in [2.45, 2.75) is 12.5 Å². The molecule has 0 radical (unpaired) electrons. The van der Waals surface area contributed by atoms with Gasteiger partial charge in [-0.05, 0) is 17.7 Å². The van der Waals surface area contributed by atoms with Gasteiger partial charge in [-0.25, -0.2) is 0 Å². The second-order valence-electron chi connectivity index (χ2n) is 6.55. The van der Waals surface area contributed by atoms with E-state index in [-0.39, 0.29) is 0 Å². The van der Waals surface area contributed by atoms with Crippen LogP contribution in [0, 0.1) is 11.3 Å². The number of hydrogen-bond acceptors (Lipinski definition) is 3. The Hall–Kier alpha value is -3.77. The molecule has 0 aliphatic heterocycles. The van der Waals surface area contributed by atoms with Crippen LogP contribution in [0.1, 0.15) is 16.7 Å². The van der Waals surface area contributed by atoms with Gasteiger partial charge in [-0.1, -0.05) is 78.9 Å². The molecule has 134 valence electrons. The highest BCUT2D eigenvalue weighted by Crippen LogP contribution is 2.20. The average molecular weight is 361 g/mol. The molecule has 1 aromatic heterocycles. The van der Waals surface area contributed by atoms with Crippen molar-refractivity contribution in [2.75, 3.05) is 0 Å². The zero-order valence-corrected chi connectivity index (χ0v) is 15.4. The first-order valence-corrected chi connectivity index (χ1v) is 9.26. The topological polar surface area (TPSA) is 49.0 Å². The molecule has 1 unspecified atom stereocenters. The van der Waals surface area contributed by atoms with Gasteiger partial charge in [-0.3, -0.25) is 9.98 Å². The molecule has 0 saturated carbocycles. The van der Waals surface area contributed by atoms with Crippen LogP contribution >= 0.6 is 0 Å². The van der Waals surface area contributed by atoms with E-state index in [1.54, 1.807) is 6.20 Å². The van der Waals surface area contributed by atoms with Crippen LogP contribution < -0.4 is 0 Å². The second kappa shape index (κ2) is 8.28. The van der Waals surface area contributed by atoms with Crippen molar-refractivity contribution in [1.82, 2.24) is 4.98 Å². The lowest BCUT2D eigenvalue weighted by molar-refractivity contribution is 0.829. The highest BCUT2D eigenvalue weighted by Gasteiger charge is 2.14. The van der Waals surface area contributed by atoms with Gasteiger partial charge in [0.1, 0.15) is 6.04 Å². The molecule has 0 aliphatic carbocycles. The molecule has 4 rings (SSSR count). The molecule has 4 aromatic rings. The Balaban J connectivity index is 1.75. The molecule has 0 N–H and O–H groups in total. The lowest BCUT2D eigenvalue weighted by atomic mass is 10.00. The molecule has 0 bridgehead atoms. The molecule has 3 nitrogen and oxygen atoms in total. The summed E-state index contributed by atoms with van der Waals surface area (Å²) < 4.78 is 0. The molecular formula is C25H19N3. The van der Waals surface area contributed by atoms with Crippen LogP contribution in [-0.2, 0) is 6.42 Å². The lowest BCUT2D eigenvalue weighted by Crippen LogP contribution is -2.13. The van der Waals surface area contributed by atoms with E-state index in [9.17, 15) is 5.26 Å². The average Bonchev–Trinajstić information content (AvgIpc) is 2.78. The molecule has 3 aromatic carbocycles. The van der Waals surface area contributed by atoms with Crippen LogP contribution in [-0.4, -0.2) is 16.7 Å². The number of fused-ring (bicyclic) bond motifs is 1. The molecule has 0 spiro atoms. The number of nitrogens with zero attached hydrogens (tertiary/aromatic N) is 3. The van der Waals surface area contributed by atoms with Gasteiger partial charge < -0.3 is 0 Å². The molecule has 28 heavy (non-hydrogen) atoms. The van der Waals surface area contributed by atoms with Crippen molar-refractivity contribution in [1.29, 1.82) is 5.26 Å². The summed E-state index contributed by atoms with van der Waals surface area (Å²) in [6, 6.07) is 31.9. The van der Waals surface area contributed by atoms with Crippen molar-refractivity contribution in [3.63, 3.8) is 0 Å². The minimum absolute atomic E-state index is 0.485. The summed E-state index contributed by atoms with van der Waals surface area (Å²) in [6.45, 7) is 0. The van der Waals surface area contributed by atoms with Crippen LogP contribution in [0.5, 0.6) is 0 Å². The zero-order chi connectivity index (χ0) is 19.2. The summed E-state index contributed by atoms with van der Waals surface area (Å²) in [6.07, 6.45) is 2.34. The molecule has 0 saturated heterocycles. The van der Waals surface area contributed by atoms with Crippen LogP contribution in [0.2, 0.25) is 0 Å². The van der Waals surface area contributed by atoms with Gasteiger partial charge >= 0.3 is 0 Å². The largest absolute Gasteiger partial charge is 0.265 e. The summed E-state index contributed by atoms with van der Waals surface area (Å²) in [4.78, 5) is 9.28.